The van der Waals surface area contributed by atoms with E-state index in [1.807, 2.05) is 6.92 Å². The molecule has 0 amide bonds. The number of hydrogen-bond donors (Lipinski definition) is 0. The highest BCUT2D eigenvalue weighted by atomic mass is 35.5. The average molecular weight is 263 g/mol. The van der Waals surface area contributed by atoms with E-state index < -0.39 is 5.69 Å². The standard InChI is InChI=1S/C13H11ClN2O2/c1-9-6-15-13(18)16(7-9)8-12(17)10-3-2-4-11(14)5-10/h2-7H,8H2,1H3. The molecule has 0 unspecified atom stereocenters. The first kappa shape index (κ1) is 12.5. The van der Waals surface area contributed by atoms with Crippen molar-refractivity contribution in [2.24, 2.45) is 0 Å². The smallest absolute Gasteiger partial charge is 0.292 e. The van der Waals surface area contributed by atoms with Crippen molar-refractivity contribution >= 4 is 17.4 Å². The monoisotopic (exact) mass is 262 g/mol. The number of carbonyl (C=O) groups excluding carboxylic acids is 1. The van der Waals surface area contributed by atoms with E-state index in [0.29, 0.717) is 10.6 Å². The topological polar surface area (TPSA) is 52.0 Å². The Morgan fingerprint density at radius 2 is 2.22 bits per heavy atom. The van der Waals surface area contributed by atoms with Crippen LogP contribution in [-0.2, 0) is 6.54 Å². The number of nitrogens with zero attached hydrogens (tertiary/aromatic N) is 2. The predicted molar refractivity (Wildman–Crippen MR) is 69.0 cm³/mol. The van der Waals surface area contributed by atoms with Gasteiger partial charge in [0, 0.05) is 23.0 Å². The summed E-state index contributed by atoms with van der Waals surface area (Å²) in [6.07, 6.45) is 3.08. The third-order valence-electron chi connectivity index (χ3n) is 2.44. The van der Waals surface area contributed by atoms with Gasteiger partial charge in [0.05, 0.1) is 6.54 Å². The molecule has 0 saturated carbocycles. The van der Waals surface area contributed by atoms with Crippen LogP contribution in [0.25, 0.3) is 0 Å². The Kier molecular flexibility index (Phi) is 3.58. The van der Waals surface area contributed by atoms with Crippen molar-refractivity contribution in [2.45, 2.75) is 13.5 Å². The van der Waals surface area contributed by atoms with Crippen LogP contribution in [0.1, 0.15) is 15.9 Å². The molecule has 0 atom stereocenters. The number of carbonyl (C=O) groups is 1. The zero-order valence-electron chi connectivity index (χ0n) is 9.76. The summed E-state index contributed by atoms with van der Waals surface area (Å²) >= 11 is 5.82. The normalized spacial score (nSPS) is 10.3. The molecule has 5 heteroatoms. The Hall–Kier alpha value is -1.94. The summed E-state index contributed by atoms with van der Waals surface area (Å²) in [6, 6.07) is 6.65. The summed E-state index contributed by atoms with van der Waals surface area (Å²) in [7, 11) is 0. The van der Waals surface area contributed by atoms with Gasteiger partial charge >= 0.3 is 5.69 Å². The number of Topliss-reactive ketones (excluding diaryl/α,β-unsaturated/α-hetero) is 1. The van der Waals surface area contributed by atoms with E-state index in [0.717, 1.165) is 5.56 Å². The highest BCUT2D eigenvalue weighted by molar-refractivity contribution is 6.31. The van der Waals surface area contributed by atoms with Crippen LogP contribution in [0, 0.1) is 6.92 Å². The Morgan fingerprint density at radius 3 is 2.94 bits per heavy atom. The molecule has 0 N–H and O–H groups in total. The van der Waals surface area contributed by atoms with Gasteiger partial charge in [0.15, 0.2) is 5.78 Å². The van der Waals surface area contributed by atoms with Gasteiger partial charge in [-0.3, -0.25) is 9.36 Å². The summed E-state index contributed by atoms with van der Waals surface area (Å²) in [5.74, 6) is -0.174. The minimum absolute atomic E-state index is 0.0339. The third-order valence-corrected chi connectivity index (χ3v) is 2.68. The fourth-order valence-corrected chi connectivity index (χ4v) is 1.78. The fraction of sp³-hybridized carbons (Fsp3) is 0.154. The minimum atomic E-state index is -0.434. The Labute approximate surface area is 109 Å². The first-order valence-corrected chi connectivity index (χ1v) is 5.76. The maximum Gasteiger partial charge on any atom is 0.347 e. The predicted octanol–water partition coefficient (Wildman–Crippen LogP) is 2.09. The summed E-state index contributed by atoms with van der Waals surface area (Å²) in [4.78, 5) is 27.1. The van der Waals surface area contributed by atoms with Gasteiger partial charge in [-0.15, -0.1) is 0 Å². The van der Waals surface area contributed by atoms with Crippen LogP contribution in [-0.4, -0.2) is 15.3 Å². The summed E-state index contributed by atoms with van der Waals surface area (Å²) in [5.41, 5.74) is 0.875. The zero-order chi connectivity index (χ0) is 13.1. The molecule has 18 heavy (non-hydrogen) atoms. The lowest BCUT2D eigenvalue weighted by Gasteiger charge is -2.05. The molecular weight excluding hydrogens is 252 g/mol. The highest BCUT2D eigenvalue weighted by Gasteiger charge is 2.08. The Bertz CT molecular complexity index is 649. The van der Waals surface area contributed by atoms with E-state index in [2.05, 4.69) is 4.98 Å². The van der Waals surface area contributed by atoms with Crippen LogP contribution >= 0.6 is 11.6 Å². The second-order valence-corrected chi connectivity index (χ2v) is 4.41. The lowest BCUT2D eigenvalue weighted by Crippen LogP contribution is -2.26. The molecule has 92 valence electrons. The number of halogens is 1. The van der Waals surface area contributed by atoms with E-state index in [9.17, 15) is 9.59 Å². The van der Waals surface area contributed by atoms with Crippen molar-refractivity contribution in [3.63, 3.8) is 0 Å². The maximum absolute atomic E-state index is 12.0. The van der Waals surface area contributed by atoms with Gasteiger partial charge in [-0.05, 0) is 24.6 Å². The van der Waals surface area contributed by atoms with Crippen LogP contribution in [0.2, 0.25) is 5.02 Å². The van der Waals surface area contributed by atoms with Crippen molar-refractivity contribution in [1.82, 2.24) is 9.55 Å². The minimum Gasteiger partial charge on any atom is -0.292 e. The van der Waals surface area contributed by atoms with Gasteiger partial charge in [0.1, 0.15) is 0 Å². The molecule has 2 aromatic rings. The second kappa shape index (κ2) is 5.14. The van der Waals surface area contributed by atoms with E-state index in [1.54, 1.807) is 30.5 Å². The maximum atomic E-state index is 12.0. The van der Waals surface area contributed by atoms with Crippen molar-refractivity contribution in [3.8, 4) is 0 Å². The molecule has 0 fully saturated rings. The Balaban J connectivity index is 2.27. The lowest BCUT2D eigenvalue weighted by atomic mass is 10.1. The van der Waals surface area contributed by atoms with Gasteiger partial charge < -0.3 is 0 Å². The quantitative estimate of drug-likeness (QED) is 0.796. The van der Waals surface area contributed by atoms with Crippen molar-refractivity contribution in [2.75, 3.05) is 0 Å². The van der Waals surface area contributed by atoms with Crippen LogP contribution in [0.15, 0.2) is 41.5 Å². The second-order valence-electron chi connectivity index (χ2n) is 3.98. The van der Waals surface area contributed by atoms with Gasteiger partial charge in [-0.1, -0.05) is 23.7 Å². The number of benzene rings is 1. The summed E-state index contributed by atoms with van der Waals surface area (Å²) in [5, 5.41) is 0.496. The zero-order valence-corrected chi connectivity index (χ0v) is 10.5. The summed E-state index contributed by atoms with van der Waals surface area (Å²) in [6.45, 7) is 1.78. The molecule has 0 aliphatic rings. The molecular formula is C13H11ClN2O2. The van der Waals surface area contributed by atoms with Gasteiger partial charge in [-0.25, -0.2) is 9.78 Å². The molecule has 0 aliphatic carbocycles. The lowest BCUT2D eigenvalue weighted by molar-refractivity contribution is 0.0970. The van der Waals surface area contributed by atoms with Crippen LogP contribution in [0.3, 0.4) is 0 Å². The molecule has 0 spiro atoms. The fourth-order valence-electron chi connectivity index (χ4n) is 1.59. The molecule has 1 aromatic carbocycles. The number of aromatic nitrogens is 2. The number of rotatable bonds is 3. The molecule has 0 radical (unpaired) electrons. The van der Waals surface area contributed by atoms with Crippen molar-refractivity contribution < 1.29 is 4.79 Å². The Morgan fingerprint density at radius 1 is 1.44 bits per heavy atom. The van der Waals surface area contributed by atoms with Gasteiger partial charge in [0.25, 0.3) is 0 Å². The first-order valence-electron chi connectivity index (χ1n) is 5.38. The molecule has 2 rings (SSSR count). The van der Waals surface area contributed by atoms with Crippen molar-refractivity contribution in [3.05, 3.63) is 63.3 Å². The van der Waals surface area contributed by atoms with E-state index in [1.165, 1.54) is 10.8 Å². The average Bonchev–Trinajstić information content (AvgIpc) is 2.34. The van der Waals surface area contributed by atoms with Gasteiger partial charge in [0.2, 0.25) is 0 Å². The van der Waals surface area contributed by atoms with E-state index in [-0.39, 0.29) is 12.3 Å². The largest absolute Gasteiger partial charge is 0.347 e. The third kappa shape index (κ3) is 2.84. The van der Waals surface area contributed by atoms with Crippen LogP contribution in [0.4, 0.5) is 0 Å². The van der Waals surface area contributed by atoms with Gasteiger partial charge in [-0.2, -0.15) is 0 Å². The van der Waals surface area contributed by atoms with E-state index in [4.69, 9.17) is 11.6 Å². The number of hydrogen-bond acceptors (Lipinski definition) is 3. The SMILES string of the molecule is Cc1cnc(=O)n(CC(=O)c2cccc(Cl)c2)c1. The van der Waals surface area contributed by atoms with Crippen LogP contribution < -0.4 is 5.69 Å². The first-order chi connectivity index (χ1) is 8.56. The van der Waals surface area contributed by atoms with E-state index >= 15 is 0 Å². The number of ketones is 1. The molecule has 0 saturated heterocycles. The van der Waals surface area contributed by atoms with Crippen molar-refractivity contribution in [1.29, 1.82) is 0 Å². The number of aryl methyl sites for hydroxylation is 1. The molecule has 1 aromatic heterocycles. The molecule has 0 bridgehead atoms. The van der Waals surface area contributed by atoms with Crippen LogP contribution in [0.5, 0.6) is 0 Å². The summed E-state index contributed by atoms with van der Waals surface area (Å²) < 4.78 is 1.29. The molecule has 4 nitrogen and oxygen atoms in total. The molecule has 1 heterocycles. The molecule has 0 aliphatic heterocycles. The highest BCUT2D eigenvalue weighted by Crippen LogP contribution is 2.11.